The van der Waals surface area contributed by atoms with Crippen LogP contribution in [0.2, 0.25) is 0 Å². The van der Waals surface area contributed by atoms with Crippen LogP contribution in [0, 0.1) is 5.82 Å². The van der Waals surface area contributed by atoms with Gasteiger partial charge in [0.2, 0.25) is 0 Å². The van der Waals surface area contributed by atoms with Crippen LogP contribution in [0.25, 0.3) is 0 Å². The van der Waals surface area contributed by atoms with E-state index in [1.165, 1.54) is 12.3 Å². The van der Waals surface area contributed by atoms with Gasteiger partial charge in [-0.3, -0.25) is 0 Å². The summed E-state index contributed by atoms with van der Waals surface area (Å²) in [5.74, 6) is 0.351. The normalized spacial score (nSPS) is 10.4. The van der Waals surface area contributed by atoms with E-state index in [1.807, 2.05) is 6.20 Å². The van der Waals surface area contributed by atoms with E-state index in [4.69, 9.17) is 0 Å². The van der Waals surface area contributed by atoms with Crippen LogP contribution >= 0.6 is 11.3 Å². The van der Waals surface area contributed by atoms with Gasteiger partial charge >= 0.3 is 0 Å². The van der Waals surface area contributed by atoms with Crippen LogP contribution < -0.4 is 5.32 Å². The highest BCUT2D eigenvalue weighted by molar-refractivity contribution is 7.11. The number of hydrogen-bond donors (Lipinski definition) is 1. The third kappa shape index (κ3) is 2.76. The molecule has 2 rings (SSSR count). The second-order valence-corrected chi connectivity index (χ2v) is 4.49. The summed E-state index contributed by atoms with van der Waals surface area (Å²) in [7, 11) is 0. The Bertz CT molecular complexity index is 453. The summed E-state index contributed by atoms with van der Waals surface area (Å²) >= 11 is 1.68. The fourth-order valence-electron chi connectivity index (χ4n) is 1.25. The molecule has 2 aromatic heterocycles. The molecule has 0 aromatic carbocycles. The predicted octanol–water partition coefficient (Wildman–Crippen LogP) is 2.85. The zero-order valence-electron chi connectivity index (χ0n) is 8.90. The van der Waals surface area contributed by atoms with Gasteiger partial charge in [-0.05, 0) is 18.6 Å². The molecule has 0 fully saturated rings. The van der Waals surface area contributed by atoms with Gasteiger partial charge < -0.3 is 5.32 Å². The number of nitrogens with zero attached hydrogens (tertiary/aromatic N) is 2. The van der Waals surface area contributed by atoms with Crippen LogP contribution in [0.3, 0.4) is 0 Å². The number of rotatable bonds is 4. The van der Waals surface area contributed by atoms with E-state index in [0.29, 0.717) is 12.4 Å². The van der Waals surface area contributed by atoms with Crippen molar-refractivity contribution in [3.63, 3.8) is 0 Å². The molecule has 2 heterocycles. The second-order valence-electron chi connectivity index (χ2n) is 3.29. The molecule has 0 atom stereocenters. The molecule has 0 aliphatic carbocycles. The highest BCUT2D eigenvalue weighted by Gasteiger charge is 2.00. The van der Waals surface area contributed by atoms with Crippen LogP contribution in [0.1, 0.15) is 16.8 Å². The SMILES string of the molecule is CCc1ncc(CNc2ccc(F)cn2)s1. The van der Waals surface area contributed by atoms with Gasteiger partial charge in [-0.25, -0.2) is 14.4 Å². The van der Waals surface area contributed by atoms with E-state index in [-0.39, 0.29) is 5.82 Å². The maximum Gasteiger partial charge on any atom is 0.141 e. The monoisotopic (exact) mass is 237 g/mol. The summed E-state index contributed by atoms with van der Waals surface area (Å²) < 4.78 is 12.6. The van der Waals surface area contributed by atoms with Gasteiger partial charge in [0.25, 0.3) is 0 Å². The first-order chi connectivity index (χ1) is 7.78. The van der Waals surface area contributed by atoms with E-state index < -0.39 is 0 Å². The maximum atomic E-state index is 12.6. The molecule has 5 heteroatoms. The lowest BCUT2D eigenvalue weighted by Crippen LogP contribution is -1.99. The fourth-order valence-corrected chi connectivity index (χ4v) is 2.05. The molecule has 0 aliphatic rings. The summed E-state index contributed by atoms with van der Waals surface area (Å²) in [5, 5.41) is 4.25. The number of hydrogen-bond acceptors (Lipinski definition) is 4. The Morgan fingerprint density at radius 2 is 2.19 bits per heavy atom. The van der Waals surface area contributed by atoms with Crippen molar-refractivity contribution in [2.75, 3.05) is 5.32 Å². The van der Waals surface area contributed by atoms with Crippen molar-refractivity contribution >= 4 is 17.2 Å². The van der Waals surface area contributed by atoms with Crippen LogP contribution in [0.5, 0.6) is 0 Å². The minimum absolute atomic E-state index is 0.323. The Kier molecular flexibility index (Phi) is 3.46. The van der Waals surface area contributed by atoms with Gasteiger partial charge in [-0.15, -0.1) is 11.3 Å². The van der Waals surface area contributed by atoms with Crippen LogP contribution in [-0.4, -0.2) is 9.97 Å². The topological polar surface area (TPSA) is 37.8 Å². The first kappa shape index (κ1) is 11.0. The largest absolute Gasteiger partial charge is 0.365 e. The first-order valence-electron chi connectivity index (χ1n) is 5.07. The molecular weight excluding hydrogens is 225 g/mol. The van der Waals surface area contributed by atoms with Crippen molar-refractivity contribution in [1.29, 1.82) is 0 Å². The van der Waals surface area contributed by atoms with Crippen molar-refractivity contribution in [1.82, 2.24) is 9.97 Å². The predicted molar refractivity (Wildman–Crippen MR) is 63.0 cm³/mol. The molecule has 0 saturated carbocycles. The quantitative estimate of drug-likeness (QED) is 0.888. The molecule has 84 valence electrons. The Hall–Kier alpha value is -1.49. The highest BCUT2D eigenvalue weighted by atomic mass is 32.1. The standard InChI is InChI=1S/C11H12FN3S/c1-2-11-15-7-9(16-11)6-14-10-4-3-8(12)5-13-10/h3-5,7H,2,6H2,1H3,(H,13,14). The number of aryl methyl sites for hydroxylation is 1. The Morgan fingerprint density at radius 1 is 1.31 bits per heavy atom. The van der Waals surface area contributed by atoms with Crippen molar-refractivity contribution in [2.24, 2.45) is 0 Å². The van der Waals surface area contributed by atoms with E-state index >= 15 is 0 Å². The number of halogens is 1. The molecule has 0 bridgehead atoms. The summed E-state index contributed by atoms with van der Waals surface area (Å²) in [5.41, 5.74) is 0. The van der Waals surface area contributed by atoms with Gasteiger partial charge in [0.05, 0.1) is 17.7 Å². The molecule has 3 nitrogen and oxygen atoms in total. The molecular formula is C11H12FN3S. The summed E-state index contributed by atoms with van der Waals surface area (Å²) in [6.45, 7) is 2.76. The number of anilines is 1. The Morgan fingerprint density at radius 3 is 2.81 bits per heavy atom. The zero-order chi connectivity index (χ0) is 11.4. The molecule has 0 saturated heterocycles. The van der Waals surface area contributed by atoms with Crippen LogP contribution in [-0.2, 0) is 13.0 Å². The van der Waals surface area contributed by atoms with Crippen molar-refractivity contribution in [2.45, 2.75) is 19.9 Å². The minimum atomic E-state index is -0.323. The Labute approximate surface area is 97.4 Å². The number of aromatic nitrogens is 2. The molecule has 0 aliphatic heterocycles. The van der Waals surface area contributed by atoms with Crippen molar-refractivity contribution in [3.8, 4) is 0 Å². The third-order valence-electron chi connectivity index (χ3n) is 2.08. The average molecular weight is 237 g/mol. The van der Waals surface area contributed by atoms with Gasteiger partial charge in [0, 0.05) is 11.1 Å². The summed E-state index contributed by atoms with van der Waals surface area (Å²) in [6, 6.07) is 3.01. The van der Waals surface area contributed by atoms with E-state index in [9.17, 15) is 4.39 Å². The molecule has 0 radical (unpaired) electrons. The van der Waals surface area contributed by atoms with E-state index in [2.05, 4.69) is 22.2 Å². The highest BCUT2D eigenvalue weighted by Crippen LogP contribution is 2.14. The third-order valence-corrected chi connectivity index (χ3v) is 3.22. The molecule has 0 amide bonds. The van der Waals surface area contributed by atoms with Crippen LogP contribution in [0.4, 0.5) is 10.2 Å². The van der Waals surface area contributed by atoms with Crippen molar-refractivity contribution in [3.05, 3.63) is 40.2 Å². The lowest BCUT2D eigenvalue weighted by atomic mass is 10.4. The van der Waals surface area contributed by atoms with Crippen molar-refractivity contribution < 1.29 is 4.39 Å². The van der Waals surface area contributed by atoms with Gasteiger partial charge in [-0.1, -0.05) is 6.92 Å². The molecule has 1 N–H and O–H groups in total. The lowest BCUT2D eigenvalue weighted by Gasteiger charge is -2.02. The smallest absolute Gasteiger partial charge is 0.141 e. The average Bonchev–Trinajstić information content (AvgIpc) is 2.76. The zero-order valence-corrected chi connectivity index (χ0v) is 9.72. The van der Waals surface area contributed by atoms with Crippen LogP contribution in [0.15, 0.2) is 24.5 Å². The number of pyridine rings is 1. The van der Waals surface area contributed by atoms with Gasteiger partial charge in [0.15, 0.2) is 0 Å². The summed E-state index contributed by atoms with van der Waals surface area (Å²) in [4.78, 5) is 9.33. The van der Waals surface area contributed by atoms with E-state index in [0.717, 1.165) is 16.3 Å². The molecule has 16 heavy (non-hydrogen) atoms. The number of nitrogens with one attached hydrogen (secondary N) is 1. The molecule has 0 unspecified atom stereocenters. The van der Waals surface area contributed by atoms with Gasteiger partial charge in [0.1, 0.15) is 11.6 Å². The Balaban J connectivity index is 1.94. The first-order valence-corrected chi connectivity index (χ1v) is 5.88. The lowest BCUT2D eigenvalue weighted by molar-refractivity contribution is 0.621. The molecule has 0 spiro atoms. The summed E-state index contributed by atoms with van der Waals surface area (Å²) in [6.07, 6.45) is 4.02. The van der Waals surface area contributed by atoms with Gasteiger partial charge in [-0.2, -0.15) is 0 Å². The minimum Gasteiger partial charge on any atom is -0.365 e. The van der Waals surface area contributed by atoms with E-state index in [1.54, 1.807) is 17.4 Å². The number of thiazole rings is 1. The molecule has 2 aromatic rings. The fraction of sp³-hybridized carbons (Fsp3) is 0.273. The maximum absolute atomic E-state index is 12.6. The second kappa shape index (κ2) is 5.03.